The van der Waals surface area contributed by atoms with Crippen LogP contribution < -0.4 is 16.4 Å². The van der Waals surface area contributed by atoms with Crippen molar-refractivity contribution in [3.63, 3.8) is 0 Å². The zero-order valence-corrected chi connectivity index (χ0v) is 28.5. The molecule has 3 amide bonds. The number of rotatable bonds is 7. The lowest BCUT2D eigenvalue weighted by Crippen LogP contribution is -2.53. The molecule has 3 aromatic heterocycles. The van der Waals surface area contributed by atoms with Gasteiger partial charge in [-0.05, 0) is 30.3 Å². The highest BCUT2D eigenvalue weighted by Crippen LogP contribution is 2.46. The summed E-state index contributed by atoms with van der Waals surface area (Å²) in [5.74, 6) is -1.04. The number of hydrogen-bond donors (Lipinski definition) is 5. The van der Waals surface area contributed by atoms with Gasteiger partial charge in [0.15, 0.2) is 17.6 Å². The number of halogens is 4. The van der Waals surface area contributed by atoms with Crippen LogP contribution in [0.1, 0.15) is 33.1 Å². The molecule has 14 nitrogen and oxygen atoms in total. The number of amides is 3. The topological polar surface area (TPSA) is 184 Å². The molecule has 51 heavy (non-hydrogen) atoms. The quantitative estimate of drug-likeness (QED) is 0.180. The fourth-order valence-corrected chi connectivity index (χ4v) is 7.67. The number of benzene rings is 1. The molecule has 3 aliphatic rings. The van der Waals surface area contributed by atoms with Crippen LogP contribution in [0.5, 0.6) is 0 Å². The molecular formula is C33H35ClF3N10O4+. The zero-order chi connectivity index (χ0) is 36.6. The molecule has 1 aliphatic carbocycles. The van der Waals surface area contributed by atoms with Crippen LogP contribution in [0.3, 0.4) is 0 Å². The molecule has 2 aliphatic heterocycles. The third-order valence-electron chi connectivity index (χ3n) is 10.1. The first-order valence-corrected chi connectivity index (χ1v) is 16.5. The second-order valence-corrected chi connectivity index (χ2v) is 14.3. The molecule has 2 saturated heterocycles. The number of aromatic amines is 1. The van der Waals surface area contributed by atoms with Gasteiger partial charge in [0.25, 0.3) is 17.7 Å². The van der Waals surface area contributed by atoms with E-state index in [1.54, 1.807) is 0 Å². The molecule has 0 spiro atoms. The molecule has 18 heteroatoms. The van der Waals surface area contributed by atoms with Crippen LogP contribution in [0.2, 0.25) is 5.02 Å². The molecule has 3 fully saturated rings. The number of likely N-dealkylation sites (N-methyl/N-ethyl adjacent to an activating group) is 1. The Bertz CT molecular complexity index is 2030. The average Bonchev–Trinajstić information content (AvgIpc) is 3.56. The van der Waals surface area contributed by atoms with Gasteiger partial charge in [-0.2, -0.15) is 18.3 Å². The smallest absolute Gasteiger partial charge is 0.397 e. The number of carbonyl (C=O) groups is 3. The summed E-state index contributed by atoms with van der Waals surface area (Å²) in [5.41, 5.74) is 4.95. The van der Waals surface area contributed by atoms with Crippen molar-refractivity contribution in [2.24, 2.45) is 18.9 Å². The van der Waals surface area contributed by atoms with E-state index in [4.69, 9.17) is 17.3 Å². The van der Waals surface area contributed by atoms with Crippen molar-refractivity contribution in [2.45, 2.75) is 30.8 Å². The Balaban J connectivity index is 1.00. The Morgan fingerprint density at radius 1 is 1.08 bits per heavy atom. The van der Waals surface area contributed by atoms with Crippen LogP contribution in [0.4, 0.5) is 24.5 Å². The predicted molar refractivity (Wildman–Crippen MR) is 179 cm³/mol. The molecule has 4 aromatic rings. The predicted octanol–water partition coefficient (Wildman–Crippen LogP) is 2.78. The molecule has 2 unspecified atom stereocenters. The van der Waals surface area contributed by atoms with Crippen LogP contribution >= 0.6 is 11.6 Å². The number of fused-ring (bicyclic) bond motifs is 1. The van der Waals surface area contributed by atoms with Crippen molar-refractivity contribution in [1.82, 2.24) is 34.9 Å². The van der Waals surface area contributed by atoms with Crippen molar-refractivity contribution in [3.05, 3.63) is 64.8 Å². The summed E-state index contributed by atoms with van der Waals surface area (Å²) in [4.78, 5) is 49.6. The van der Waals surface area contributed by atoms with Gasteiger partial charge in [0.2, 0.25) is 0 Å². The highest BCUT2D eigenvalue weighted by molar-refractivity contribution is 6.34. The average molecular weight is 728 g/mol. The minimum absolute atomic E-state index is 0.0315. The number of aromatic nitrogens is 5. The largest absolute Gasteiger partial charge is 0.435 e. The number of quaternary nitrogens is 1. The minimum Gasteiger partial charge on any atom is -0.397 e. The maximum atomic E-state index is 14.0. The van der Waals surface area contributed by atoms with E-state index in [0.717, 1.165) is 6.20 Å². The van der Waals surface area contributed by atoms with Gasteiger partial charge in [0.05, 0.1) is 65.4 Å². The van der Waals surface area contributed by atoms with Crippen LogP contribution in [0.25, 0.3) is 22.6 Å². The zero-order valence-electron chi connectivity index (χ0n) is 27.7. The van der Waals surface area contributed by atoms with Gasteiger partial charge in [-0.15, -0.1) is 0 Å². The Labute approximate surface area is 294 Å². The summed E-state index contributed by atoms with van der Waals surface area (Å²) in [6.45, 7) is 1.60. The first-order chi connectivity index (χ1) is 24.0. The van der Waals surface area contributed by atoms with E-state index in [0.29, 0.717) is 36.2 Å². The van der Waals surface area contributed by atoms with Gasteiger partial charge >= 0.3 is 6.18 Å². The van der Waals surface area contributed by atoms with E-state index in [1.807, 2.05) is 19.0 Å². The molecule has 0 bridgehead atoms. The van der Waals surface area contributed by atoms with Crippen LogP contribution in [-0.4, -0.2) is 109 Å². The molecule has 4 atom stereocenters. The molecule has 7 rings (SSSR count). The van der Waals surface area contributed by atoms with E-state index in [9.17, 15) is 32.7 Å². The lowest BCUT2D eigenvalue weighted by Gasteiger charge is -2.33. The molecule has 6 N–H and O–H groups in total. The number of nitrogens with one attached hydrogen (secondary N) is 3. The van der Waals surface area contributed by atoms with Crippen LogP contribution in [0, 0.1) is 11.8 Å². The number of imidazole rings is 1. The van der Waals surface area contributed by atoms with Crippen molar-refractivity contribution in [2.75, 3.05) is 44.8 Å². The number of carbonyl (C=O) groups excluding carboxylic acids is 3. The number of nitrogen functional groups attached to an aromatic ring is 1. The van der Waals surface area contributed by atoms with E-state index in [-0.39, 0.29) is 74.6 Å². The number of aliphatic hydroxyl groups is 1. The molecule has 1 aromatic carbocycles. The highest BCUT2D eigenvalue weighted by atomic mass is 35.5. The molecule has 1 saturated carbocycles. The number of nitrogens with two attached hydrogens (primary N) is 1. The SMILES string of the molecule is Cn1c(-c2c(C(F)(F)F)n[nH]c2-c2ccc(N)cn2)cnc1C(=O)Nc1ccc(C(=O)NC2C3CN(C(=O)[C@@H]4C[C@@H](O)C[N+]4(C)C)CC32)c(Cl)c1. The second-order valence-electron chi connectivity index (χ2n) is 13.9. The number of aliphatic hydroxyl groups excluding tert-OH is 1. The summed E-state index contributed by atoms with van der Waals surface area (Å²) >= 11 is 6.46. The Morgan fingerprint density at radius 2 is 1.80 bits per heavy atom. The monoisotopic (exact) mass is 727 g/mol. The fourth-order valence-electron chi connectivity index (χ4n) is 7.40. The lowest BCUT2D eigenvalue weighted by molar-refractivity contribution is -0.894. The lowest BCUT2D eigenvalue weighted by atomic mass is 10.1. The minimum atomic E-state index is -4.83. The first kappa shape index (κ1) is 34.4. The van der Waals surface area contributed by atoms with Gasteiger partial charge in [0.1, 0.15) is 12.6 Å². The van der Waals surface area contributed by atoms with E-state index >= 15 is 0 Å². The summed E-state index contributed by atoms with van der Waals surface area (Å²) in [7, 11) is 5.29. The summed E-state index contributed by atoms with van der Waals surface area (Å²) in [6.07, 6.45) is -2.45. The second kappa shape index (κ2) is 12.3. The first-order valence-electron chi connectivity index (χ1n) is 16.1. The third-order valence-corrected chi connectivity index (χ3v) is 10.4. The molecule has 0 radical (unpaired) electrons. The Hall–Kier alpha value is -5.00. The summed E-state index contributed by atoms with van der Waals surface area (Å²) < 4.78 is 43.7. The Morgan fingerprint density at radius 3 is 2.41 bits per heavy atom. The fraction of sp³-hybridized carbons (Fsp3) is 0.394. The molecule has 268 valence electrons. The molecule has 5 heterocycles. The number of H-pyrrole nitrogens is 1. The number of pyridine rings is 1. The van der Waals surface area contributed by atoms with Gasteiger partial charge in [-0.3, -0.25) is 24.5 Å². The van der Waals surface area contributed by atoms with Crippen LogP contribution in [0.15, 0.2) is 42.7 Å². The number of likely N-dealkylation sites (tertiary alicyclic amines) is 2. The van der Waals surface area contributed by atoms with Gasteiger partial charge in [-0.1, -0.05) is 11.6 Å². The standard InChI is InChI=1S/C33H34ClF3N10O4/c1-45-23(25-27(22-7-4-15(38)10-39-22)43-44-28(25)33(35,36)37)11-40-29(45)31(50)41-16-5-6-18(21(34)8-16)30(49)42-26-19-12-46(13-20(19)26)32(51)24-9-17(48)14-47(24,2)3/h4-8,10-11,17,19-20,24,26,48H,9,12-14H2,1-3H3,(H4-,38,39,40,41,42,43,44,49,50)/p+1/t17-,19?,20?,24+,26?/m1/s1. The van der Waals surface area contributed by atoms with Crippen molar-refractivity contribution in [3.8, 4) is 22.6 Å². The summed E-state index contributed by atoms with van der Waals surface area (Å²) in [5, 5.41) is 21.7. The van der Waals surface area contributed by atoms with Crippen molar-refractivity contribution in [1.29, 1.82) is 0 Å². The van der Waals surface area contributed by atoms with Crippen LogP contribution in [-0.2, 0) is 18.0 Å². The number of hydrogen-bond acceptors (Lipinski definition) is 8. The van der Waals surface area contributed by atoms with Gasteiger partial charge < -0.3 is 35.4 Å². The maximum absolute atomic E-state index is 14.0. The maximum Gasteiger partial charge on any atom is 0.435 e. The van der Waals surface area contributed by atoms with Crippen molar-refractivity contribution >= 4 is 40.7 Å². The number of nitrogens with zero attached hydrogens (tertiary/aromatic N) is 6. The van der Waals surface area contributed by atoms with E-state index in [1.165, 1.54) is 48.1 Å². The van der Waals surface area contributed by atoms with Gasteiger partial charge in [0, 0.05) is 50.1 Å². The number of alkyl halides is 3. The highest BCUT2D eigenvalue weighted by Gasteiger charge is 2.59. The molecular weight excluding hydrogens is 693 g/mol. The number of anilines is 2. The van der Waals surface area contributed by atoms with E-state index < -0.39 is 29.8 Å². The van der Waals surface area contributed by atoms with Crippen molar-refractivity contribution < 1.29 is 37.1 Å². The van der Waals surface area contributed by atoms with E-state index in [2.05, 4.69) is 30.8 Å². The third kappa shape index (κ3) is 6.29. The normalized spacial score (nSPS) is 23.6. The summed E-state index contributed by atoms with van der Waals surface area (Å²) in [6, 6.07) is 6.88. The Kier molecular flexibility index (Phi) is 8.34. The number of piperidine rings is 1. The van der Waals surface area contributed by atoms with Gasteiger partial charge in [-0.25, -0.2) is 4.98 Å².